The first-order chi connectivity index (χ1) is 12.5. The summed E-state index contributed by atoms with van der Waals surface area (Å²) in [5, 5.41) is 13.4. The van der Waals surface area contributed by atoms with Crippen LogP contribution in [-0.2, 0) is 11.3 Å². The summed E-state index contributed by atoms with van der Waals surface area (Å²) in [6.07, 6.45) is 0. The lowest BCUT2D eigenvalue weighted by Gasteiger charge is -2.10. The molecule has 8 nitrogen and oxygen atoms in total. The van der Waals surface area contributed by atoms with Crippen LogP contribution in [0.3, 0.4) is 0 Å². The average molecular weight is 351 g/mol. The number of carbonyl (C=O) groups excluding carboxylic acids is 2. The lowest BCUT2D eigenvalue weighted by atomic mass is 10.1. The number of aromatic nitrogens is 3. The SMILES string of the molecule is CNC(=O)c1ccc(NC(=O)Cn2nnc3ccccc3c2=O)c(C)c1. The predicted molar refractivity (Wildman–Crippen MR) is 97.0 cm³/mol. The number of hydrogen-bond donors (Lipinski definition) is 2. The Morgan fingerprint density at radius 2 is 1.92 bits per heavy atom. The zero-order valence-electron chi connectivity index (χ0n) is 14.3. The summed E-state index contributed by atoms with van der Waals surface area (Å²) in [6, 6.07) is 11.8. The fraction of sp³-hybridized carbons (Fsp3) is 0.167. The van der Waals surface area contributed by atoms with Gasteiger partial charge in [-0.15, -0.1) is 5.10 Å². The van der Waals surface area contributed by atoms with Crippen LogP contribution in [-0.4, -0.2) is 33.9 Å². The molecule has 3 rings (SSSR count). The normalized spacial score (nSPS) is 10.5. The van der Waals surface area contributed by atoms with E-state index >= 15 is 0 Å². The van der Waals surface area contributed by atoms with Gasteiger partial charge in [0.1, 0.15) is 12.1 Å². The molecule has 0 aliphatic rings. The largest absolute Gasteiger partial charge is 0.355 e. The van der Waals surface area contributed by atoms with Gasteiger partial charge in [0.15, 0.2) is 0 Å². The second-order valence-electron chi connectivity index (χ2n) is 5.73. The van der Waals surface area contributed by atoms with Gasteiger partial charge >= 0.3 is 0 Å². The molecule has 0 aliphatic carbocycles. The van der Waals surface area contributed by atoms with Crippen LogP contribution in [0.4, 0.5) is 5.69 Å². The molecule has 0 saturated carbocycles. The van der Waals surface area contributed by atoms with Crippen LogP contribution in [0.2, 0.25) is 0 Å². The molecule has 8 heteroatoms. The van der Waals surface area contributed by atoms with Crippen LogP contribution < -0.4 is 16.2 Å². The van der Waals surface area contributed by atoms with E-state index in [9.17, 15) is 14.4 Å². The number of benzene rings is 2. The highest BCUT2D eigenvalue weighted by atomic mass is 16.2. The van der Waals surface area contributed by atoms with Crippen molar-refractivity contribution in [2.75, 3.05) is 12.4 Å². The van der Waals surface area contributed by atoms with Crippen molar-refractivity contribution in [1.29, 1.82) is 0 Å². The minimum atomic E-state index is -0.410. The van der Waals surface area contributed by atoms with E-state index in [1.165, 1.54) is 0 Å². The van der Waals surface area contributed by atoms with Crippen LogP contribution in [0.5, 0.6) is 0 Å². The predicted octanol–water partition coefficient (Wildman–Crippen LogP) is 1.10. The number of rotatable bonds is 4. The smallest absolute Gasteiger partial charge is 0.278 e. The second-order valence-corrected chi connectivity index (χ2v) is 5.73. The molecule has 2 amide bonds. The number of nitrogens with one attached hydrogen (secondary N) is 2. The van der Waals surface area contributed by atoms with Gasteiger partial charge in [-0.25, -0.2) is 4.68 Å². The summed E-state index contributed by atoms with van der Waals surface area (Å²) in [5.74, 6) is -0.614. The molecule has 0 atom stereocenters. The van der Waals surface area contributed by atoms with E-state index in [-0.39, 0.29) is 18.0 Å². The standard InChI is InChI=1S/C18H17N5O3/c1-11-9-12(17(25)19-2)7-8-14(11)20-16(24)10-23-18(26)13-5-3-4-6-15(13)21-22-23/h3-9H,10H2,1-2H3,(H,19,25)(H,20,24). The molecule has 132 valence electrons. The highest BCUT2D eigenvalue weighted by molar-refractivity contribution is 5.96. The summed E-state index contributed by atoms with van der Waals surface area (Å²) < 4.78 is 1.02. The number of nitrogens with zero attached hydrogens (tertiary/aromatic N) is 3. The molecule has 1 heterocycles. The second kappa shape index (κ2) is 7.14. The first kappa shape index (κ1) is 17.3. The van der Waals surface area contributed by atoms with Gasteiger partial charge in [0, 0.05) is 18.3 Å². The molecule has 0 bridgehead atoms. The number of carbonyl (C=O) groups is 2. The average Bonchev–Trinajstić information content (AvgIpc) is 2.65. The van der Waals surface area contributed by atoms with Crippen molar-refractivity contribution in [3.63, 3.8) is 0 Å². The summed E-state index contributed by atoms with van der Waals surface area (Å²) in [5.41, 5.74) is 1.90. The summed E-state index contributed by atoms with van der Waals surface area (Å²) in [4.78, 5) is 36.3. The van der Waals surface area contributed by atoms with Crippen LogP contribution in [0.1, 0.15) is 15.9 Å². The molecule has 3 aromatic rings. The first-order valence-electron chi connectivity index (χ1n) is 7.94. The Hall–Kier alpha value is -3.55. The van der Waals surface area contributed by atoms with Gasteiger partial charge in [-0.3, -0.25) is 14.4 Å². The topological polar surface area (TPSA) is 106 Å². The lowest BCUT2D eigenvalue weighted by molar-refractivity contribution is -0.117. The maximum atomic E-state index is 12.4. The van der Waals surface area contributed by atoms with E-state index in [4.69, 9.17) is 0 Å². The van der Waals surface area contributed by atoms with Gasteiger partial charge in [0.05, 0.1) is 5.39 Å². The van der Waals surface area contributed by atoms with Crippen molar-refractivity contribution in [2.24, 2.45) is 0 Å². The molecule has 0 radical (unpaired) electrons. The number of fused-ring (bicyclic) bond motifs is 1. The zero-order chi connectivity index (χ0) is 18.7. The number of amides is 2. The molecule has 26 heavy (non-hydrogen) atoms. The minimum Gasteiger partial charge on any atom is -0.355 e. The van der Waals surface area contributed by atoms with Crippen LogP contribution in [0.15, 0.2) is 47.3 Å². The van der Waals surface area contributed by atoms with E-state index in [2.05, 4.69) is 20.9 Å². The van der Waals surface area contributed by atoms with Crippen molar-refractivity contribution >= 4 is 28.4 Å². The lowest BCUT2D eigenvalue weighted by Crippen LogP contribution is -2.30. The van der Waals surface area contributed by atoms with Crippen molar-refractivity contribution in [1.82, 2.24) is 20.3 Å². The zero-order valence-corrected chi connectivity index (χ0v) is 14.3. The quantitative estimate of drug-likeness (QED) is 0.732. The van der Waals surface area contributed by atoms with E-state index in [0.717, 1.165) is 10.2 Å². The van der Waals surface area contributed by atoms with Gasteiger partial charge in [0.25, 0.3) is 11.5 Å². The Morgan fingerprint density at radius 3 is 2.65 bits per heavy atom. The first-order valence-corrected chi connectivity index (χ1v) is 7.94. The van der Waals surface area contributed by atoms with Gasteiger partial charge < -0.3 is 10.6 Å². The third-order valence-electron chi connectivity index (χ3n) is 3.91. The molecule has 0 saturated heterocycles. The van der Waals surface area contributed by atoms with Crippen LogP contribution in [0.25, 0.3) is 10.9 Å². The minimum absolute atomic E-state index is 0.205. The van der Waals surface area contributed by atoms with Crippen molar-refractivity contribution in [2.45, 2.75) is 13.5 Å². The molecule has 0 fully saturated rings. The van der Waals surface area contributed by atoms with E-state index < -0.39 is 5.91 Å². The van der Waals surface area contributed by atoms with E-state index in [0.29, 0.717) is 22.2 Å². The Kier molecular flexibility index (Phi) is 4.74. The van der Waals surface area contributed by atoms with Crippen molar-refractivity contribution in [3.05, 3.63) is 63.9 Å². The Bertz CT molecular complexity index is 1060. The summed E-state index contributed by atoms with van der Waals surface area (Å²) in [7, 11) is 1.55. The summed E-state index contributed by atoms with van der Waals surface area (Å²) >= 11 is 0. The highest BCUT2D eigenvalue weighted by Gasteiger charge is 2.12. The third-order valence-corrected chi connectivity index (χ3v) is 3.91. The van der Waals surface area contributed by atoms with Gasteiger partial charge in [0.2, 0.25) is 5.91 Å². The Morgan fingerprint density at radius 1 is 1.15 bits per heavy atom. The van der Waals surface area contributed by atoms with Gasteiger partial charge in [-0.2, -0.15) is 0 Å². The Balaban J connectivity index is 1.78. The fourth-order valence-electron chi connectivity index (χ4n) is 2.54. The molecule has 1 aromatic heterocycles. The highest BCUT2D eigenvalue weighted by Crippen LogP contribution is 2.16. The van der Waals surface area contributed by atoms with E-state index in [1.54, 1.807) is 56.4 Å². The van der Waals surface area contributed by atoms with Gasteiger partial charge in [-0.05, 0) is 42.8 Å². The van der Waals surface area contributed by atoms with Crippen LogP contribution >= 0.6 is 0 Å². The van der Waals surface area contributed by atoms with E-state index in [1.807, 2.05) is 0 Å². The Labute approximate surface area is 148 Å². The molecular weight excluding hydrogens is 334 g/mol. The van der Waals surface area contributed by atoms with Gasteiger partial charge in [-0.1, -0.05) is 17.3 Å². The maximum Gasteiger partial charge on any atom is 0.278 e. The molecule has 2 N–H and O–H groups in total. The maximum absolute atomic E-state index is 12.4. The molecule has 0 unspecified atom stereocenters. The monoisotopic (exact) mass is 351 g/mol. The molecule has 0 spiro atoms. The molecule has 2 aromatic carbocycles. The van der Waals surface area contributed by atoms with Crippen LogP contribution in [0, 0.1) is 6.92 Å². The fourth-order valence-corrected chi connectivity index (χ4v) is 2.54. The number of anilines is 1. The number of aryl methyl sites for hydroxylation is 1. The number of hydrogen-bond acceptors (Lipinski definition) is 5. The van der Waals surface area contributed by atoms with Crippen molar-refractivity contribution in [3.8, 4) is 0 Å². The third kappa shape index (κ3) is 3.44. The molecular formula is C18H17N5O3. The summed E-state index contributed by atoms with van der Waals surface area (Å²) in [6.45, 7) is 1.53. The van der Waals surface area contributed by atoms with Crippen molar-refractivity contribution < 1.29 is 9.59 Å². The molecule has 0 aliphatic heterocycles.